The summed E-state index contributed by atoms with van der Waals surface area (Å²) in [6.07, 6.45) is 0.777. The van der Waals surface area contributed by atoms with Crippen molar-refractivity contribution < 1.29 is 14.3 Å². The molecule has 1 aromatic carbocycles. The quantitative estimate of drug-likeness (QED) is 0.779. The number of amides is 1. The van der Waals surface area contributed by atoms with E-state index in [2.05, 4.69) is 38.2 Å². The Kier molecular flexibility index (Phi) is 6.53. The lowest BCUT2D eigenvalue weighted by molar-refractivity contribution is -0.147. The molecule has 1 heterocycles. The minimum Gasteiger partial charge on any atom is -0.456 e. The van der Waals surface area contributed by atoms with E-state index in [1.54, 1.807) is 11.4 Å². The van der Waals surface area contributed by atoms with Crippen molar-refractivity contribution in [2.45, 2.75) is 39.0 Å². The van der Waals surface area contributed by atoms with Gasteiger partial charge < -0.3 is 10.1 Å². The Bertz CT molecular complexity index is 811. The van der Waals surface area contributed by atoms with Crippen LogP contribution in [0, 0.1) is 11.3 Å². The van der Waals surface area contributed by atoms with Crippen LogP contribution in [0.3, 0.4) is 0 Å². The number of nitriles is 1. The number of hydrogen-bond donors (Lipinski definition) is 1. The lowest BCUT2D eigenvalue weighted by atomic mass is 9.86. The normalized spacial score (nSPS) is 10.8. The van der Waals surface area contributed by atoms with Crippen LogP contribution in [0.25, 0.3) is 0 Å². The maximum absolute atomic E-state index is 11.8. The molecule has 136 valence electrons. The van der Waals surface area contributed by atoms with E-state index in [0.717, 1.165) is 5.56 Å². The number of carbonyl (C=O) groups is 2. The average molecular weight is 370 g/mol. The summed E-state index contributed by atoms with van der Waals surface area (Å²) in [5.74, 6) is -0.876. The Morgan fingerprint density at radius 2 is 1.88 bits per heavy atom. The van der Waals surface area contributed by atoms with E-state index < -0.39 is 11.9 Å². The molecule has 0 aliphatic carbocycles. The van der Waals surface area contributed by atoms with Crippen molar-refractivity contribution in [1.29, 1.82) is 5.26 Å². The van der Waals surface area contributed by atoms with E-state index in [0.29, 0.717) is 17.0 Å². The molecule has 0 aliphatic heterocycles. The number of thiophene rings is 1. The number of esters is 1. The number of carbonyl (C=O) groups excluding carboxylic acids is 2. The first kappa shape index (κ1) is 19.7. The summed E-state index contributed by atoms with van der Waals surface area (Å²) in [5, 5.41) is 13.6. The van der Waals surface area contributed by atoms with Gasteiger partial charge in [-0.3, -0.25) is 9.59 Å². The smallest absolute Gasteiger partial charge is 0.306 e. The largest absolute Gasteiger partial charge is 0.456 e. The molecule has 1 amide bonds. The third-order valence-electron chi connectivity index (χ3n) is 3.84. The van der Waals surface area contributed by atoms with E-state index in [4.69, 9.17) is 10.00 Å². The van der Waals surface area contributed by atoms with Crippen LogP contribution < -0.4 is 5.32 Å². The molecule has 0 unspecified atom stereocenters. The second kappa shape index (κ2) is 8.63. The predicted molar refractivity (Wildman–Crippen MR) is 102 cm³/mol. The molecular weight excluding hydrogens is 348 g/mol. The molecule has 0 aliphatic rings. The molecule has 0 fully saturated rings. The zero-order valence-electron chi connectivity index (χ0n) is 15.2. The van der Waals surface area contributed by atoms with Gasteiger partial charge in [-0.15, -0.1) is 11.3 Å². The number of anilines is 1. The molecule has 6 heteroatoms. The van der Waals surface area contributed by atoms with Crippen molar-refractivity contribution in [3.05, 3.63) is 52.4 Å². The molecule has 5 nitrogen and oxygen atoms in total. The first-order valence-electron chi connectivity index (χ1n) is 8.32. The Morgan fingerprint density at radius 3 is 2.50 bits per heavy atom. The van der Waals surface area contributed by atoms with Gasteiger partial charge in [-0.1, -0.05) is 45.0 Å². The average Bonchev–Trinajstić information content (AvgIpc) is 3.04. The fourth-order valence-electron chi connectivity index (χ4n) is 2.29. The standard InChI is InChI=1S/C20H22N2O3S/c1-20(2,3)16-7-4-14(5-8-16)6-9-18(24)25-13-17(23)22-19-15(12-21)10-11-26-19/h4-5,7-8,10-11H,6,9,13H2,1-3H3,(H,22,23). The van der Waals surface area contributed by atoms with E-state index in [-0.39, 0.29) is 18.4 Å². The van der Waals surface area contributed by atoms with Crippen LogP contribution in [0.1, 0.15) is 43.9 Å². The van der Waals surface area contributed by atoms with Crippen LogP contribution >= 0.6 is 11.3 Å². The summed E-state index contributed by atoms with van der Waals surface area (Å²) in [5.41, 5.74) is 2.79. The van der Waals surface area contributed by atoms with Crippen molar-refractivity contribution in [1.82, 2.24) is 0 Å². The van der Waals surface area contributed by atoms with Crippen molar-refractivity contribution in [2.75, 3.05) is 11.9 Å². The molecule has 26 heavy (non-hydrogen) atoms. The highest BCUT2D eigenvalue weighted by Gasteiger charge is 2.14. The molecule has 0 saturated heterocycles. The number of aryl methyl sites for hydroxylation is 1. The Morgan fingerprint density at radius 1 is 1.19 bits per heavy atom. The summed E-state index contributed by atoms with van der Waals surface area (Å²) in [4.78, 5) is 23.6. The first-order chi connectivity index (χ1) is 12.3. The van der Waals surface area contributed by atoms with Gasteiger partial charge in [0.1, 0.15) is 11.1 Å². The maximum Gasteiger partial charge on any atom is 0.306 e. The number of rotatable bonds is 6. The molecule has 1 N–H and O–H groups in total. The van der Waals surface area contributed by atoms with Gasteiger partial charge in [0, 0.05) is 6.42 Å². The second-order valence-corrected chi connectivity index (χ2v) is 7.85. The van der Waals surface area contributed by atoms with Crippen LogP contribution in [0.2, 0.25) is 0 Å². The molecule has 2 rings (SSSR count). The van der Waals surface area contributed by atoms with Crippen molar-refractivity contribution in [2.24, 2.45) is 0 Å². The Hall–Kier alpha value is -2.65. The van der Waals surface area contributed by atoms with Crippen LogP contribution in [-0.4, -0.2) is 18.5 Å². The highest BCUT2D eigenvalue weighted by Crippen LogP contribution is 2.23. The lowest BCUT2D eigenvalue weighted by Crippen LogP contribution is -2.21. The molecule has 0 bridgehead atoms. The van der Waals surface area contributed by atoms with Gasteiger partial charge in [-0.25, -0.2) is 0 Å². The summed E-state index contributed by atoms with van der Waals surface area (Å²) in [6.45, 7) is 6.10. The lowest BCUT2D eigenvalue weighted by Gasteiger charge is -2.19. The van der Waals surface area contributed by atoms with Gasteiger partial charge in [-0.2, -0.15) is 5.26 Å². The maximum atomic E-state index is 11.8. The van der Waals surface area contributed by atoms with E-state index in [9.17, 15) is 9.59 Å². The number of hydrogen-bond acceptors (Lipinski definition) is 5. The molecule has 0 atom stereocenters. The zero-order valence-corrected chi connectivity index (χ0v) is 16.0. The van der Waals surface area contributed by atoms with Crippen LogP contribution in [-0.2, 0) is 26.2 Å². The summed E-state index contributed by atoms with van der Waals surface area (Å²) >= 11 is 1.25. The fourth-order valence-corrected chi connectivity index (χ4v) is 3.05. The monoisotopic (exact) mass is 370 g/mol. The SMILES string of the molecule is CC(C)(C)c1ccc(CCC(=O)OCC(=O)Nc2sccc2C#N)cc1. The Balaban J connectivity index is 1.75. The van der Waals surface area contributed by atoms with Crippen LogP contribution in [0.4, 0.5) is 5.00 Å². The zero-order chi connectivity index (χ0) is 19.2. The highest BCUT2D eigenvalue weighted by atomic mass is 32.1. The van der Waals surface area contributed by atoms with Gasteiger partial charge in [-0.05, 0) is 34.4 Å². The van der Waals surface area contributed by atoms with Crippen molar-refractivity contribution in [3.8, 4) is 6.07 Å². The van der Waals surface area contributed by atoms with Gasteiger partial charge in [0.2, 0.25) is 0 Å². The van der Waals surface area contributed by atoms with Gasteiger partial charge in [0.15, 0.2) is 6.61 Å². The summed E-state index contributed by atoms with van der Waals surface area (Å²) < 4.78 is 5.00. The first-order valence-corrected chi connectivity index (χ1v) is 9.20. The van der Waals surface area contributed by atoms with Gasteiger partial charge in [0.25, 0.3) is 5.91 Å². The predicted octanol–water partition coefficient (Wildman–Crippen LogP) is 4.03. The molecular formula is C20H22N2O3S. The Labute approximate surface area is 157 Å². The number of ether oxygens (including phenoxy) is 1. The molecule has 0 spiro atoms. The molecule has 2 aromatic rings. The number of nitrogens with zero attached hydrogens (tertiary/aromatic N) is 1. The molecule has 1 aromatic heterocycles. The minimum absolute atomic E-state index is 0.0960. The third-order valence-corrected chi connectivity index (χ3v) is 4.67. The summed E-state index contributed by atoms with van der Waals surface area (Å²) in [6, 6.07) is 11.8. The van der Waals surface area contributed by atoms with E-state index >= 15 is 0 Å². The van der Waals surface area contributed by atoms with Crippen LogP contribution in [0.5, 0.6) is 0 Å². The fraction of sp³-hybridized carbons (Fsp3) is 0.350. The number of benzene rings is 1. The molecule has 0 radical (unpaired) electrons. The topological polar surface area (TPSA) is 79.2 Å². The summed E-state index contributed by atoms with van der Waals surface area (Å²) in [7, 11) is 0. The van der Waals surface area contributed by atoms with Crippen molar-refractivity contribution >= 4 is 28.2 Å². The highest BCUT2D eigenvalue weighted by molar-refractivity contribution is 7.14. The van der Waals surface area contributed by atoms with Gasteiger partial charge in [0.05, 0.1) is 5.56 Å². The van der Waals surface area contributed by atoms with E-state index in [1.807, 2.05) is 18.2 Å². The second-order valence-electron chi connectivity index (χ2n) is 6.93. The third kappa shape index (κ3) is 5.71. The van der Waals surface area contributed by atoms with Crippen molar-refractivity contribution in [3.63, 3.8) is 0 Å². The van der Waals surface area contributed by atoms with Gasteiger partial charge >= 0.3 is 5.97 Å². The minimum atomic E-state index is -0.452. The number of nitrogens with one attached hydrogen (secondary N) is 1. The van der Waals surface area contributed by atoms with E-state index in [1.165, 1.54) is 16.9 Å². The molecule has 0 saturated carbocycles. The van der Waals surface area contributed by atoms with Crippen LogP contribution in [0.15, 0.2) is 35.7 Å².